The minimum Gasteiger partial charge on any atom is -0.350 e. The normalized spacial score (nSPS) is 25.9. The molecule has 1 aliphatic carbocycles. The number of nitrogens with zero attached hydrogens (tertiary/aromatic N) is 1. The van der Waals surface area contributed by atoms with E-state index in [0.717, 1.165) is 38.8 Å². The molecule has 2 N–H and O–H groups in total. The number of amides is 3. The van der Waals surface area contributed by atoms with Crippen molar-refractivity contribution >= 4 is 11.9 Å². The van der Waals surface area contributed by atoms with Crippen molar-refractivity contribution in [1.29, 1.82) is 0 Å². The molecule has 0 aromatic rings. The molecule has 0 radical (unpaired) electrons. The Bertz CT molecular complexity index is 413. The minimum atomic E-state index is -0.373. The lowest BCUT2D eigenvalue weighted by Gasteiger charge is -2.36. The summed E-state index contributed by atoms with van der Waals surface area (Å²) in [5.74, 6) is 0.178. The van der Waals surface area contributed by atoms with Gasteiger partial charge in [-0.2, -0.15) is 0 Å². The Morgan fingerprint density at radius 2 is 1.73 bits per heavy atom. The van der Waals surface area contributed by atoms with Crippen LogP contribution in [0.2, 0.25) is 0 Å². The first-order valence-corrected chi connectivity index (χ1v) is 8.22. The van der Waals surface area contributed by atoms with Crippen molar-refractivity contribution in [3.63, 3.8) is 0 Å². The fourth-order valence-corrected chi connectivity index (χ4v) is 3.06. The van der Waals surface area contributed by atoms with Crippen LogP contribution in [0.1, 0.15) is 32.6 Å². The SMILES string of the molecule is CC(C(=O)NC(=O)NC1CC1)N1CCC(C2OCCO2)CC1. The standard InChI is InChI=1S/C15H25N3O4/c1-10(13(19)17-15(20)16-12-2-3-12)18-6-4-11(5-7-18)14-21-8-9-22-14/h10-12,14H,2-9H2,1H3,(H2,16,17,19,20). The van der Waals surface area contributed by atoms with Crippen LogP contribution in [0.4, 0.5) is 4.79 Å². The number of hydrogen-bond acceptors (Lipinski definition) is 5. The molecule has 2 aliphatic heterocycles. The number of hydrogen-bond donors (Lipinski definition) is 2. The van der Waals surface area contributed by atoms with Gasteiger partial charge in [0.25, 0.3) is 0 Å². The lowest BCUT2D eigenvalue weighted by atomic mass is 9.95. The molecule has 3 fully saturated rings. The van der Waals surface area contributed by atoms with Crippen LogP contribution in [0.25, 0.3) is 0 Å². The molecule has 3 aliphatic rings. The Kier molecular flexibility index (Phi) is 4.95. The van der Waals surface area contributed by atoms with E-state index >= 15 is 0 Å². The monoisotopic (exact) mass is 311 g/mol. The summed E-state index contributed by atoms with van der Waals surface area (Å²) in [5.41, 5.74) is 0. The molecule has 124 valence electrons. The fourth-order valence-electron chi connectivity index (χ4n) is 3.06. The molecule has 3 amide bonds. The number of carbonyl (C=O) groups excluding carboxylic acids is 2. The zero-order valence-corrected chi connectivity index (χ0v) is 13.0. The molecule has 0 bridgehead atoms. The number of nitrogens with one attached hydrogen (secondary N) is 2. The average molecular weight is 311 g/mol. The van der Waals surface area contributed by atoms with Crippen molar-refractivity contribution in [2.75, 3.05) is 26.3 Å². The number of ether oxygens (including phenoxy) is 2. The van der Waals surface area contributed by atoms with Crippen molar-refractivity contribution in [3.8, 4) is 0 Å². The summed E-state index contributed by atoms with van der Waals surface area (Å²) in [5, 5.41) is 5.20. The van der Waals surface area contributed by atoms with E-state index < -0.39 is 0 Å². The van der Waals surface area contributed by atoms with Crippen LogP contribution in [0, 0.1) is 5.92 Å². The second-order valence-corrected chi connectivity index (χ2v) is 6.40. The Morgan fingerprint density at radius 3 is 2.32 bits per heavy atom. The van der Waals surface area contributed by atoms with Crippen LogP contribution >= 0.6 is 0 Å². The largest absolute Gasteiger partial charge is 0.350 e. The van der Waals surface area contributed by atoms with Gasteiger partial charge in [-0.3, -0.25) is 15.0 Å². The van der Waals surface area contributed by atoms with Crippen LogP contribution in [-0.2, 0) is 14.3 Å². The maximum atomic E-state index is 12.1. The lowest BCUT2D eigenvalue weighted by molar-refractivity contribution is -0.127. The number of urea groups is 1. The van der Waals surface area contributed by atoms with Gasteiger partial charge >= 0.3 is 6.03 Å². The van der Waals surface area contributed by atoms with Gasteiger partial charge in [0.05, 0.1) is 19.3 Å². The van der Waals surface area contributed by atoms with E-state index in [9.17, 15) is 9.59 Å². The molecule has 0 aromatic carbocycles. The minimum absolute atomic E-state index is 0.0735. The quantitative estimate of drug-likeness (QED) is 0.788. The van der Waals surface area contributed by atoms with Crippen molar-refractivity contribution < 1.29 is 19.1 Å². The average Bonchev–Trinajstić information content (AvgIpc) is 3.16. The third-order valence-electron chi connectivity index (χ3n) is 4.68. The summed E-state index contributed by atoms with van der Waals surface area (Å²) in [6.07, 6.45) is 3.86. The molecule has 1 unspecified atom stereocenters. The van der Waals surface area contributed by atoms with Gasteiger partial charge in [-0.15, -0.1) is 0 Å². The molecule has 22 heavy (non-hydrogen) atoms. The van der Waals surface area contributed by atoms with E-state index in [-0.39, 0.29) is 30.3 Å². The lowest BCUT2D eigenvalue weighted by Crippen LogP contribution is -2.52. The van der Waals surface area contributed by atoms with Crippen LogP contribution < -0.4 is 10.6 Å². The highest BCUT2D eigenvalue weighted by molar-refractivity contribution is 5.96. The van der Waals surface area contributed by atoms with Crippen molar-refractivity contribution in [2.45, 2.75) is 51.0 Å². The zero-order valence-electron chi connectivity index (χ0n) is 13.0. The first-order chi connectivity index (χ1) is 10.6. The van der Waals surface area contributed by atoms with Gasteiger partial charge in [-0.05, 0) is 45.7 Å². The van der Waals surface area contributed by atoms with Gasteiger partial charge < -0.3 is 14.8 Å². The molecule has 7 nitrogen and oxygen atoms in total. The third kappa shape index (κ3) is 3.97. The highest BCUT2D eigenvalue weighted by Gasteiger charge is 2.33. The highest BCUT2D eigenvalue weighted by atomic mass is 16.7. The molecule has 0 spiro atoms. The predicted molar refractivity (Wildman–Crippen MR) is 79.1 cm³/mol. The molecule has 1 saturated carbocycles. The summed E-state index contributed by atoms with van der Waals surface area (Å²) < 4.78 is 11.1. The van der Waals surface area contributed by atoms with Gasteiger partial charge in [0, 0.05) is 12.0 Å². The number of rotatable bonds is 4. The molecule has 2 heterocycles. The van der Waals surface area contributed by atoms with E-state index in [1.54, 1.807) is 0 Å². The molecule has 3 rings (SSSR count). The smallest absolute Gasteiger partial charge is 0.321 e. The maximum absolute atomic E-state index is 12.1. The number of piperidine rings is 1. The number of imide groups is 1. The Morgan fingerprint density at radius 1 is 1.09 bits per heavy atom. The molecule has 2 saturated heterocycles. The van der Waals surface area contributed by atoms with Gasteiger partial charge in [-0.25, -0.2) is 4.79 Å². The van der Waals surface area contributed by atoms with E-state index in [0.29, 0.717) is 19.1 Å². The molecular weight excluding hydrogens is 286 g/mol. The highest BCUT2D eigenvalue weighted by Crippen LogP contribution is 2.26. The maximum Gasteiger partial charge on any atom is 0.321 e. The molecule has 1 atom stereocenters. The van der Waals surface area contributed by atoms with Crippen LogP contribution in [-0.4, -0.2) is 61.5 Å². The Balaban J connectivity index is 1.41. The van der Waals surface area contributed by atoms with Gasteiger partial charge in [-0.1, -0.05) is 0 Å². The van der Waals surface area contributed by atoms with Crippen LogP contribution in [0.5, 0.6) is 0 Å². The molecular formula is C15H25N3O4. The number of likely N-dealkylation sites (tertiary alicyclic amines) is 1. The molecule has 7 heteroatoms. The summed E-state index contributed by atoms with van der Waals surface area (Å²) >= 11 is 0. The summed E-state index contributed by atoms with van der Waals surface area (Å²) in [6.45, 7) is 4.86. The summed E-state index contributed by atoms with van der Waals surface area (Å²) in [7, 11) is 0. The van der Waals surface area contributed by atoms with Crippen molar-refractivity contribution in [1.82, 2.24) is 15.5 Å². The van der Waals surface area contributed by atoms with Crippen molar-refractivity contribution in [3.05, 3.63) is 0 Å². The Labute approximate surface area is 130 Å². The van der Waals surface area contributed by atoms with E-state index in [4.69, 9.17) is 9.47 Å². The zero-order chi connectivity index (χ0) is 15.5. The first kappa shape index (κ1) is 15.7. The van der Waals surface area contributed by atoms with E-state index in [1.807, 2.05) is 6.92 Å². The number of carbonyl (C=O) groups is 2. The van der Waals surface area contributed by atoms with Crippen LogP contribution in [0.15, 0.2) is 0 Å². The Hall–Kier alpha value is -1.18. The van der Waals surface area contributed by atoms with E-state index in [2.05, 4.69) is 15.5 Å². The van der Waals surface area contributed by atoms with Gasteiger partial charge in [0.2, 0.25) is 5.91 Å². The second-order valence-electron chi connectivity index (χ2n) is 6.40. The van der Waals surface area contributed by atoms with Crippen LogP contribution in [0.3, 0.4) is 0 Å². The fraction of sp³-hybridized carbons (Fsp3) is 0.867. The summed E-state index contributed by atoms with van der Waals surface area (Å²) in [6, 6.07) is -0.413. The van der Waals surface area contributed by atoms with E-state index in [1.165, 1.54) is 0 Å². The first-order valence-electron chi connectivity index (χ1n) is 8.22. The van der Waals surface area contributed by atoms with Crippen molar-refractivity contribution in [2.24, 2.45) is 5.92 Å². The van der Waals surface area contributed by atoms with Gasteiger partial charge in [0.15, 0.2) is 6.29 Å². The topological polar surface area (TPSA) is 79.9 Å². The summed E-state index contributed by atoms with van der Waals surface area (Å²) in [4.78, 5) is 25.9. The third-order valence-corrected chi connectivity index (χ3v) is 4.68. The van der Waals surface area contributed by atoms with Gasteiger partial charge in [0.1, 0.15) is 0 Å². The predicted octanol–water partition coefficient (Wildman–Crippen LogP) is 0.448. The second kappa shape index (κ2) is 6.93. The molecule has 0 aromatic heterocycles.